The molecule has 3 aromatic rings. The van der Waals surface area contributed by atoms with Gasteiger partial charge in [0, 0.05) is 19.4 Å². The highest BCUT2D eigenvalue weighted by molar-refractivity contribution is 5.84. The molecule has 152 valence electrons. The summed E-state index contributed by atoms with van der Waals surface area (Å²) < 4.78 is 5.65. The molecule has 3 aromatic carbocycles. The summed E-state index contributed by atoms with van der Waals surface area (Å²) in [4.78, 5) is 26.1. The third-order valence-electron chi connectivity index (χ3n) is 5.69. The predicted octanol–water partition coefficient (Wildman–Crippen LogP) is 3.96. The van der Waals surface area contributed by atoms with Gasteiger partial charge in [0.05, 0.1) is 0 Å². The third kappa shape index (κ3) is 3.79. The molecular formula is C25H24N2O3. The van der Waals surface area contributed by atoms with Crippen LogP contribution in [0.15, 0.2) is 78.9 Å². The first-order chi connectivity index (χ1) is 14.6. The lowest BCUT2D eigenvalue weighted by atomic mass is 9.98. The Balaban J connectivity index is 1.48. The quantitative estimate of drug-likeness (QED) is 0.681. The van der Waals surface area contributed by atoms with Crippen LogP contribution in [0.25, 0.3) is 11.1 Å². The number of carbonyl (C=O) groups excluding carboxylic acids is 2. The van der Waals surface area contributed by atoms with Gasteiger partial charge in [0.25, 0.3) is 0 Å². The van der Waals surface area contributed by atoms with Gasteiger partial charge in [0.15, 0.2) is 0 Å². The zero-order valence-electron chi connectivity index (χ0n) is 16.8. The lowest BCUT2D eigenvalue weighted by Crippen LogP contribution is -2.47. The van der Waals surface area contributed by atoms with E-state index in [1.807, 2.05) is 54.6 Å². The molecule has 1 atom stereocenters. The highest BCUT2D eigenvalue weighted by Gasteiger charge is 2.31. The molecule has 30 heavy (non-hydrogen) atoms. The topological polar surface area (TPSA) is 72.6 Å². The van der Waals surface area contributed by atoms with Crippen molar-refractivity contribution in [2.24, 2.45) is 5.73 Å². The minimum Gasteiger partial charge on any atom is -0.448 e. The van der Waals surface area contributed by atoms with Crippen molar-refractivity contribution in [3.63, 3.8) is 0 Å². The van der Waals surface area contributed by atoms with E-state index >= 15 is 0 Å². The highest BCUT2D eigenvalue weighted by Crippen LogP contribution is 2.44. The summed E-state index contributed by atoms with van der Waals surface area (Å²) >= 11 is 0. The first-order valence-corrected chi connectivity index (χ1v) is 9.97. The van der Waals surface area contributed by atoms with Gasteiger partial charge in [0.1, 0.15) is 12.6 Å². The summed E-state index contributed by atoms with van der Waals surface area (Å²) in [7, 11) is 1.55. The largest absolute Gasteiger partial charge is 0.448 e. The van der Waals surface area contributed by atoms with Gasteiger partial charge in [0.2, 0.25) is 5.91 Å². The minimum atomic E-state index is -0.775. The molecule has 0 heterocycles. The Labute approximate surface area is 176 Å². The average Bonchev–Trinajstić information content (AvgIpc) is 3.09. The number of ether oxygens (including phenoxy) is 1. The number of nitrogens with two attached hydrogens (primary N) is 1. The molecule has 0 aliphatic heterocycles. The number of amides is 2. The summed E-state index contributed by atoms with van der Waals surface area (Å²) in [5.41, 5.74) is 11.1. The highest BCUT2D eigenvalue weighted by atomic mass is 16.6. The van der Waals surface area contributed by atoms with Crippen LogP contribution in [0.2, 0.25) is 0 Å². The van der Waals surface area contributed by atoms with Crippen LogP contribution in [0, 0.1) is 0 Å². The van der Waals surface area contributed by atoms with E-state index in [0.717, 1.165) is 16.7 Å². The zero-order valence-corrected chi connectivity index (χ0v) is 16.8. The van der Waals surface area contributed by atoms with Crippen molar-refractivity contribution in [2.75, 3.05) is 13.7 Å². The van der Waals surface area contributed by atoms with E-state index in [9.17, 15) is 9.59 Å². The molecule has 0 saturated carbocycles. The van der Waals surface area contributed by atoms with Gasteiger partial charge >= 0.3 is 6.09 Å². The van der Waals surface area contributed by atoms with Crippen LogP contribution in [0.5, 0.6) is 0 Å². The Morgan fingerprint density at radius 2 is 1.43 bits per heavy atom. The van der Waals surface area contributed by atoms with Crippen molar-refractivity contribution in [3.8, 4) is 11.1 Å². The smallest absolute Gasteiger partial charge is 0.410 e. The van der Waals surface area contributed by atoms with E-state index in [1.165, 1.54) is 16.0 Å². The molecule has 2 amide bonds. The van der Waals surface area contributed by atoms with Gasteiger partial charge in [-0.15, -0.1) is 0 Å². The first-order valence-electron chi connectivity index (χ1n) is 9.97. The van der Waals surface area contributed by atoms with Crippen molar-refractivity contribution < 1.29 is 14.3 Å². The fraction of sp³-hybridized carbons (Fsp3) is 0.200. The van der Waals surface area contributed by atoms with Gasteiger partial charge in [-0.1, -0.05) is 78.9 Å². The van der Waals surface area contributed by atoms with Crippen LogP contribution < -0.4 is 5.73 Å². The molecule has 5 nitrogen and oxygen atoms in total. The number of primary amides is 1. The van der Waals surface area contributed by atoms with Crippen LogP contribution in [0.3, 0.4) is 0 Å². The standard InChI is InChI=1S/C25H24N2O3/c1-27(23(24(26)28)15-17-9-3-2-4-10-17)25(29)30-16-22-20-13-7-5-11-18(20)19-12-6-8-14-21(19)22/h2-14,22-23H,15-16H2,1H3,(H2,26,28)/t23-/m0/s1. The SMILES string of the molecule is CN(C(=O)OCC1c2ccccc2-c2ccccc21)[C@@H](Cc1ccccc1)C(N)=O. The van der Waals surface area contributed by atoms with Crippen LogP contribution in [-0.4, -0.2) is 36.6 Å². The number of hydrogen-bond acceptors (Lipinski definition) is 3. The van der Waals surface area contributed by atoms with Crippen LogP contribution in [0.1, 0.15) is 22.6 Å². The summed E-state index contributed by atoms with van der Waals surface area (Å²) in [5, 5.41) is 0. The Morgan fingerprint density at radius 3 is 2.00 bits per heavy atom. The minimum absolute atomic E-state index is 0.0316. The number of benzene rings is 3. The Bertz CT molecular complexity index is 1020. The summed E-state index contributed by atoms with van der Waals surface area (Å²) in [6.07, 6.45) is -0.215. The molecule has 0 bridgehead atoms. The lowest BCUT2D eigenvalue weighted by Gasteiger charge is -2.26. The Kier molecular flexibility index (Phi) is 5.53. The monoisotopic (exact) mass is 400 g/mol. The van der Waals surface area contributed by atoms with Crippen molar-refractivity contribution in [1.29, 1.82) is 0 Å². The number of carbonyl (C=O) groups is 2. The van der Waals surface area contributed by atoms with Gasteiger partial charge in [-0.25, -0.2) is 4.79 Å². The Morgan fingerprint density at radius 1 is 0.900 bits per heavy atom. The molecule has 0 fully saturated rings. The first kappa shape index (κ1) is 19.7. The maximum Gasteiger partial charge on any atom is 0.410 e. The van der Waals surface area contributed by atoms with Crippen molar-refractivity contribution in [2.45, 2.75) is 18.4 Å². The molecule has 1 aliphatic rings. The molecule has 0 unspecified atom stereocenters. The molecule has 0 saturated heterocycles. The van der Waals surface area contributed by atoms with E-state index in [0.29, 0.717) is 6.42 Å². The van der Waals surface area contributed by atoms with Gasteiger partial charge in [-0.2, -0.15) is 0 Å². The zero-order chi connectivity index (χ0) is 21.1. The van der Waals surface area contributed by atoms with Crippen LogP contribution >= 0.6 is 0 Å². The van der Waals surface area contributed by atoms with E-state index < -0.39 is 18.0 Å². The number of hydrogen-bond donors (Lipinski definition) is 1. The molecule has 0 radical (unpaired) electrons. The van der Waals surface area contributed by atoms with Crippen molar-refractivity contribution >= 4 is 12.0 Å². The maximum atomic E-state index is 12.8. The molecular weight excluding hydrogens is 376 g/mol. The third-order valence-corrected chi connectivity index (χ3v) is 5.69. The average molecular weight is 400 g/mol. The molecule has 2 N–H and O–H groups in total. The second kappa shape index (κ2) is 8.41. The fourth-order valence-electron chi connectivity index (χ4n) is 4.09. The number of rotatable bonds is 6. The lowest BCUT2D eigenvalue weighted by molar-refractivity contribution is -0.122. The predicted molar refractivity (Wildman–Crippen MR) is 116 cm³/mol. The van der Waals surface area contributed by atoms with Crippen molar-refractivity contribution in [3.05, 3.63) is 95.6 Å². The number of nitrogens with zero attached hydrogens (tertiary/aromatic N) is 1. The molecule has 0 spiro atoms. The van der Waals surface area contributed by atoms with E-state index in [1.54, 1.807) is 7.05 Å². The Hall–Kier alpha value is -3.60. The molecule has 4 rings (SSSR count). The second-order valence-electron chi connectivity index (χ2n) is 7.52. The van der Waals surface area contributed by atoms with Crippen molar-refractivity contribution in [1.82, 2.24) is 4.90 Å². The molecule has 1 aliphatic carbocycles. The summed E-state index contributed by atoms with van der Waals surface area (Å²) in [5.74, 6) is -0.592. The maximum absolute atomic E-state index is 12.8. The van der Waals surface area contributed by atoms with E-state index in [4.69, 9.17) is 10.5 Å². The van der Waals surface area contributed by atoms with Crippen LogP contribution in [-0.2, 0) is 16.0 Å². The normalized spacial score (nSPS) is 13.2. The van der Waals surface area contributed by atoms with Crippen LogP contribution in [0.4, 0.5) is 4.79 Å². The number of likely N-dealkylation sites (N-methyl/N-ethyl adjacent to an activating group) is 1. The molecule has 0 aromatic heterocycles. The van der Waals surface area contributed by atoms with E-state index in [-0.39, 0.29) is 12.5 Å². The fourth-order valence-corrected chi connectivity index (χ4v) is 4.09. The molecule has 5 heteroatoms. The van der Waals surface area contributed by atoms with Gasteiger partial charge in [-0.3, -0.25) is 9.69 Å². The number of fused-ring (bicyclic) bond motifs is 3. The second-order valence-corrected chi connectivity index (χ2v) is 7.52. The summed E-state index contributed by atoms with van der Waals surface area (Å²) in [6.45, 7) is 0.202. The van der Waals surface area contributed by atoms with Gasteiger partial charge < -0.3 is 10.5 Å². The summed E-state index contributed by atoms with van der Waals surface area (Å²) in [6, 6.07) is 25.0. The van der Waals surface area contributed by atoms with Gasteiger partial charge in [-0.05, 0) is 27.8 Å². The van der Waals surface area contributed by atoms with E-state index in [2.05, 4.69) is 24.3 Å².